The Kier molecular flexibility index (Phi) is 7.01. The van der Waals surface area contributed by atoms with Crippen LogP contribution in [-0.4, -0.2) is 27.8 Å². The molecule has 5 rings (SSSR count). The van der Waals surface area contributed by atoms with Gasteiger partial charge in [0.15, 0.2) is 0 Å². The van der Waals surface area contributed by atoms with E-state index in [1.807, 2.05) is 75.4 Å². The molecule has 1 aliphatic heterocycles. The number of rotatable bonds is 7. The molecule has 1 atom stereocenters. The van der Waals surface area contributed by atoms with Gasteiger partial charge in [0.2, 0.25) is 11.1 Å². The van der Waals surface area contributed by atoms with Crippen molar-refractivity contribution in [1.82, 2.24) is 14.8 Å². The summed E-state index contributed by atoms with van der Waals surface area (Å²) in [6.07, 6.45) is 0. The average Bonchev–Trinajstić information content (AvgIpc) is 3.31. The monoisotopic (exact) mass is 511 g/mol. The summed E-state index contributed by atoms with van der Waals surface area (Å²) in [5.74, 6) is 1.93. The van der Waals surface area contributed by atoms with E-state index in [2.05, 4.69) is 28.8 Å². The normalized spacial score (nSPS) is 14.6. The predicted octanol–water partition coefficient (Wildman–Crippen LogP) is 6.12. The molecule has 0 spiro atoms. The second kappa shape index (κ2) is 10.5. The highest BCUT2D eigenvalue weighted by atomic mass is 32.2. The summed E-state index contributed by atoms with van der Waals surface area (Å²) in [4.78, 5) is 18.5. The van der Waals surface area contributed by atoms with E-state index in [1.54, 1.807) is 23.6 Å². The number of thioether (sulfide) groups is 1. The number of fused-ring (bicyclic) bond motifs is 1. The first-order valence-electron chi connectivity index (χ1n) is 12.1. The molecule has 1 aromatic heterocycles. The Morgan fingerprint density at radius 1 is 1.05 bits per heavy atom. The Labute approximate surface area is 221 Å². The van der Waals surface area contributed by atoms with Crippen molar-refractivity contribution in [3.63, 3.8) is 0 Å². The number of benzene rings is 3. The highest BCUT2D eigenvalue weighted by molar-refractivity contribution is 7.98. The number of carbonyl (C=O) groups is 1. The lowest BCUT2D eigenvalue weighted by Gasteiger charge is -2.29. The van der Waals surface area contributed by atoms with Gasteiger partial charge in [0.25, 0.3) is 5.91 Å². The molecule has 37 heavy (non-hydrogen) atoms. The van der Waals surface area contributed by atoms with Crippen LogP contribution in [0.2, 0.25) is 0 Å². The van der Waals surface area contributed by atoms with Crippen LogP contribution in [0.1, 0.15) is 35.2 Å². The number of amides is 1. The molecular weight excluding hydrogens is 482 g/mol. The summed E-state index contributed by atoms with van der Waals surface area (Å²) in [6.45, 7) is 5.94. The number of nitrogens with zero attached hydrogens (tertiary/aromatic N) is 3. The molecule has 0 saturated heterocycles. The van der Waals surface area contributed by atoms with Gasteiger partial charge in [-0.15, -0.1) is 5.10 Å². The van der Waals surface area contributed by atoms with Crippen molar-refractivity contribution in [2.45, 2.75) is 37.7 Å². The van der Waals surface area contributed by atoms with Crippen LogP contribution in [0.5, 0.6) is 5.75 Å². The van der Waals surface area contributed by atoms with Gasteiger partial charge in [-0.1, -0.05) is 71.9 Å². The quantitative estimate of drug-likeness (QED) is 0.291. The van der Waals surface area contributed by atoms with Crippen LogP contribution in [0.15, 0.2) is 89.2 Å². The van der Waals surface area contributed by atoms with Gasteiger partial charge in [0.1, 0.15) is 11.8 Å². The van der Waals surface area contributed by atoms with Gasteiger partial charge in [-0.2, -0.15) is 4.98 Å². The first-order chi connectivity index (χ1) is 17.9. The fraction of sp³-hybridized carbons (Fsp3) is 0.207. The van der Waals surface area contributed by atoms with E-state index in [0.29, 0.717) is 16.7 Å². The van der Waals surface area contributed by atoms with E-state index in [-0.39, 0.29) is 5.91 Å². The number of ether oxygens (including phenoxy) is 1. The minimum atomic E-state index is -0.452. The molecule has 188 valence electrons. The lowest BCUT2D eigenvalue weighted by atomic mass is 9.94. The highest BCUT2D eigenvalue weighted by Gasteiger charge is 2.34. The molecule has 0 fully saturated rings. The molecule has 7 nitrogen and oxygen atoms in total. The second-order valence-electron chi connectivity index (χ2n) is 9.05. The van der Waals surface area contributed by atoms with Gasteiger partial charge in [-0.3, -0.25) is 4.79 Å². The molecular formula is C29H29N5O2S. The molecule has 1 aliphatic rings. The van der Waals surface area contributed by atoms with Gasteiger partial charge in [0.05, 0.1) is 12.7 Å². The highest BCUT2D eigenvalue weighted by Crippen LogP contribution is 2.37. The molecule has 0 bridgehead atoms. The number of carbonyl (C=O) groups excluding carboxylic acids is 1. The maximum Gasteiger partial charge on any atom is 0.255 e. The van der Waals surface area contributed by atoms with E-state index in [9.17, 15) is 4.79 Å². The first kappa shape index (κ1) is 24.6. The van der Waals surface area contributed by atoms with Crippen molar-refractivity contribution in [1.29, 1.82) is 0 Å². The number of anilines is 2. The van der Waals surface area contributed by atoms with Crippen LogP contribution in [0.3, 0.4) is 0 Å². The molecule has 2 N–H and O–H groups in total. The standard InChI is InChI=1S/C29H29N5O2S/c1-18-10-15-24(19(2)16-18)31-27(35)25-20(3)30-28-32-29(37-17-21-8-6-5-7-9-21)33-34(28)26(25)22-11-13-23(36-4)14-12-22/h5-16,26H,17H2,1-4H3,(H,31,35)(H,30,32,33)/t26-/m0/s1. The SMILES string of the molecule is COc1ccc([C@H]2C(C(=O)Nc3ccc(C)cc3C)=C(C)Nc3nc(SCc4ccccc4)nn32)cc1. The summed E-state index contributed by atoms with van der Waals surface area (Å²) in [7, 11) is 1.64. The number of allylic oxidation sites excluding steroid dienone is 1. The molecule has 0 unspecified atom stereocenters. The van der Waals surface area contributed by atoms with Crippen molar-refractivity contribution in [2.24, 2.45) is 0 Å². The molecule has 8 heteroatoms. The molecule has 3 aromatic carbocycles. The smallest absolute Gasteiger partial charge is 0.255 e. The van der Waals surface area contributed by atoms with Crippen LogP contribution >= 0.6 is 11.8 Å². The summed E-state index contributed by atoms with van der Waals surface area (Å²) in [6, 6.07) is 23.5. The summed E-state index contributed by atoms with van der Waals surface area (Å²) in [5.41, 5.74) is 6.38. The number of hydrogen-bond acceptors (Lipinski definition) is 6. The molecule has 1 amide bonds. The average molecular weight is 512 g/mol. The third kappa shape index (κ3) is 5.24. The Balaban J connectivity index is 1.50. The Morgan fingerprint density at radius 3 is 2.51 bits per heavy atom. The van der Waals surface area contributed by atoms with Crippen molar-refractivity contribution >= 4 is 29.3 Å². The van der Waals surface area contributed by atoms with E-state index in [4.69, 9.17) is 14.8 Å². The van der Waals surface area contributed by atoms with Crippen molar-refractivity contribution in [2.75, 3.05) is 17.7 Å². The van der Waals surface area contributed by atoms with Gasteiger partial charge in [-0.05, 0) is 55.7 Å². The largest absolute Gasteiger partial charge is 0.497 e. The molecule has 2 heterocycles. The maximum absolute atomic E-state index is 13.7. The van der Waals surface area contributed by atoms with Crippen LogP contribution in [0.4, 0.5) is 11.6 Å². The number of aryl methyl sites for hydroxylation is 2. The van der Waals surface area contributed by atoms with Crippen LogP contribution in [0, 0.1) is 13.8 Å². The van der Waals surface area contributed by atoms with Gasteiger partial charge >= 0.3 is 0 Å². The van der Waals surface area contributed by atoms with E-state index in [1.165, 1.54) is 5.56 Å². The number of aromatic nitrogens is 3. The second-order valence-corrected chi connectivity index (χ2v) is 9.99. The number of hydrogen-bond donors (Lipinski definition) is 2. The van der Waals surface area contributed by atoms with Gasteiger partial charge in [-0.25, -0.2) is 4.68 Å². The number of methoxy groups -OCH3 is 1. The van der Waals surface area contributed by atoms with Crippen LogP contribution in [0.25, 0.3) is 0 Å². The van der Waals surface area contributed by atoms with E-state index < -0.39 is 6.04 Å². The minimum absolute atomic E-state index is 0.183. The van der Waals surface area contributed by atoms with E-state index >= 15 is 0 Å². The Bertz CT molecular complexity index is 1460. The molecule has 0 radical (unpaired) electrons. The van der Waals surface area contributed by atoms with Crippen molar-refractivity contribution in [3.05, 3.63) is 106 Å². The lowest BCUT2D eigenvalue weighted by Crippen LogP contribution is -2.31. The number of nitrogens with one attached hydrogen (secondary N) is 2. The molecule has 0 aliphatic carbocycles. The zero-order valence-corrected chi connectivity index (χ0v) is 22.1. The Morgan fingerprint density at radius 2 is 1.81 bits per heavy atom. The zero-order valence-electron chi connectivity index (χ0n) is 21.3. The zero-order chi connectivity index (χ0) is 25.9. The summed E-state index contributed by atoms with van der Waals surface area (Å²) < 4.78 is 7.16. The minimum Gasteiger partial charge on any atom is -0.497 e. The molecule has 4 aromatic rings. The summed E-state index contributed by atoms with van der Waals surface area (Å²) >= 11 is 1.56. The van der Waals surface area contributed by atoms with Gasteiger partial charge < -0.3 is 15.4 Å². The fourth-order valence-electron chi connectivity index (χ4n) is 4.45. The van der Waals surface area contributed by atoms with Crippen LogP contribution in [-0.2, 0) is 10.5 Å². The van der Waals surface area contributed by atoms with E-state index in [0.717, 1.165) is 39.6 Å². The topological polar surface area (TPSA) is 81.1 Å². The van der Waals surface area contributed by atoms with Crippen molar-refractivity contribution < 1.29 is 9.53 Å². The third-order valence-electron chi connectivity index (χ3n) is 6.35. The maximum atomic E-state index is 13.7. The predicted molar refractivity (Wildman–Crippen MR) is 148 cm³/mol. The van der Waals surface area contributed by atoms with Crippen molar-refractivity contribution in [3.8, 4) is 5.75 Å². The first-order valence-corrected chi connectivity index (χ1v) is 13.0. The summed E-state index contributed by atoms with van der Waals surface area (Å²) in [5, 5.41) is 11.9. The fourth-order valence-corrected chi connectivity index (χ4v) is 5.23. The lowest BCUT2D eigenvalue weighted by molar-refractivity contribution is -0.113. The molecule has 0 saturated carbocycles. The van der Waals surface area contributed by atoms with Crippen LogP contribution < -0.4 is 15.4 Å². The third-order valence-corrected chi connectivity index (χ3v) is 7.26. The van der Waals surface area contributed by atoms with Gasteiger partial charge in [0, 0.05) is 17.1 Å². The Hall–Kier alpha value is -4.04.